The van der Waals surface area contributed by atoms with Gasteiger partial charge >= 0.3 is 5.97 Å². The number of carboxylic acid groups (broad SMARTS) is 1. The van der Waals surface area contributed by atoms with Crippen molar-refractivity contribution in [1.82, 2.24) is 5.32 Å². The second-order valence-corrected chi connectivity index (χ2v) is 7.62. The average molecular weight is 373 g/mol. The van der Waals surface area contributed by atoms with Crippen LogP contribution in [-0.4, -0.2) is 56.2 Å². The fraction of sp³-hybridized carbons (Fsp3) is 0.500. The number of hydrogen-bond donors (Lipinski definition) is 2. The van der Waals surface area contributed by atoms with Crippen molar-refractivity contribution in [2.75, 3.05) is 24.7 Å². The van der Waals surface area contributed by atoms with E-state index in [1.807, 2.05) is 6.92 Å². The van der Waals surface area contributed by atoms with Gasteiger partial charge in [-0.1, -0.05) is 19.1 Å². The minimum Gasteiger partial charge on any atom is -0.490 e. The largest absolute Gasteiger partial charge is 0.490 e. The van der Waals surface area contributed by atoms with E-state index in [1.54, 1.807) is 24.3 Å². The summed E-state index contributed by atoms with van der Waals surface area (Å²) in [4.78, 5) is 23.1. The number of nitrogens with one attached hydrogen (secondary N) is 1. The molecule has 1 aromatic carbocycles. The summed E-state index contributed by atoms with van der Waals surface area (Å²) in [6.07, 6.45) is -0.202. The maximum Gasteiger partial charge on any atom is 0.326 e. The molecule has 140 valence electrons. The van der Waals surface area contributed by atoms with E-state index in [4.69, 9.17) is 14.6 Å². The molecule has 0 saturated carbocycles. The van der Waals surface area contributed by atoms with Crippen LogP contribution in [0.1, 0.15) is 20.3 Å². The molecule has 9 heteroatoms. The van der Waals surface area contributed by atoms with Crippen LogP contribution in [-0.2, 0) is 19.4 Å². The summed E-state index contributed by atoms with van der Waals surface area (Å²) in [5, 5.41) is 11.4. The van der Waals surface area contributed by atoms with Crippen LogP contribution in [0.5, 0.6) is 11.5 Å². The van der Waals surface area contributed by atoms with Crippen molar-refractivity contribution in [2.45, 2.75) is 26.3 Å². The monoisotopic (exact) mass is 373 g/mol. The zero-order valence-electron chi connectivity index (χ0n) is 14.2. The van der Waals surface area contributed by atoms with Gasteiger partial charge in [0, 0.05) is 5.75 Å². The lowest BCUT2D eigenvalue weighted by atomic mass is 10.2. The zero-order valence-corrected chi connectivity index (χ0v) is 15.0. The summed E-state index contributed by atoms with van der Waals surface area (Å²) < 4.78 is 33.7. The van der Waals surface area contributed by atoms with E-state index in [0.717, 1.165) is 0 Å². The van der Waals surface area contributed by atoms with Gasteiger partial charge in [-0.3, -0.25) is 4.79 Å². The van der Waals surface area contributed by atoms with Crippen LogP contribution in [0.25, 0.3) is 0 Å². The molecule has 0 spiro atoms. The van der Waals surface area contributed by atoms with Gasteiger partial charge in [0.05, 0.1) is 12.4 Å². The lowest BCUT2D eigenvalue weighted by Crippen LogP contribution is -2.44. The first kappa shape index (κ1) is 20.8. The maximum atomic E-state index is 11.9. The number of carboxylic acids is 1. The fourth-order valence-electron chi connectivity index (χ4n) is 1.92. The highest BCUT2D eigenvalue weighted by atomic mass is 32.2. The maximum absolute atomic E-state index is 11.9. The van der Waals surface area contributed by atoms with Gasteiger partial charge in [0.2, 0.25) is 0 Å². The number of para-hydroxylation sites is 2. The fourth-order valence-corrected chi connectivity index (χ4v) is 2.81. The molecule has 0 radical (unpaired) electrons. The molecular weight excluding hydrogens is 350 g/mol. The highest BCUT2D eigenvalue weighted by molar-refractivity contribution is 7.91. The van der Waals surface area contributed by atoms with Crippen LogP contribution in [0.3, 0.4) is 0 Å². The first-order valence-electron chi connectivity index (χ1n) is 7.86. The Kier molecular flexibility index (Phi) is 8.20. The average Bonchev–Trinajstić information content (AvgIpc) is 2.58. The number of ether oxygens (including phenoxy) is 2. The number of hydrogen-bond acceptors (Lipinski definition) is 6. The number of benzene rings is 1. The second kappa shape index (κ2) is 9.87. The third-order valence-corrected chi connectivity index (χ3v) is 5.04. The summed E-state index contributed by atoms with van der Waals surface area (Å²) in [6.45, 7) is 3.31. The minimum atomic E-state index is -3.31. The van der Waals surface area contributed by atoms with E-state index in [-0.39, 0.29) is 17.9 Å². The molecule has 0 aliphatic rings. The summed E-state index contributed by atoms with van der Waals surface area (Å²) in [6, 6.07) is 5.49. The molecule has 1 amide bonds. The number of carbonyl (C=O) groups is 2. The highest BCUT2D eigenvalue weighted by Crippen LogP contribution is 2.26. The molecule has 1 aromatic rings. The van der Waals surface area contributed by atoms with E-state index in [9.17, 15) is 18.0 Å². The van der Waals surface area contributed by atoms with Gasteiger partial charge in [-0.25, -0.2) is 13.2 Å². The first-order chi connectivity index (χ1) is 11.8. The van der Waals surface area contributed by atoms with Crippen LogP contribution < -0.4 is 14.8 Å². The van der Waals surface area contributed by atoms with Gasteiger partial charge in [-0.15, -0.1) is 0 Å². The molecule has 25 heavy (non-hydrogen) atoms. The molecule has 0 aromatic heterocycles. The van der Waals surface area contributed by atoms with E-state index >= 15 is 0 Å². The van der Waals surface area contributed by atoms with Crippen molar-refractivity contribution >= 4 is 21.7 Å². The first-order valence-corrected chi connectivity index (χ1v) is 9.68. The van der Waals surface area contributed by atoms with Crippen LogP contribution in [0, 0.1) is 0 Å². The van der Waals surface area contributed by atoms with Crippen LogP contribution in [0.15, 0.2) is 24.3 Å². The number of sulfone groups is 1. The Morgan fingerprint density at radius 2 is 1.76 bits per heavy atom. The Balaban J connectivity index is 2.60. The van der Waals surface area contributed by atoms with E-state index in [2.05, 4.69) is 5.32 Å². The predicted octanol–water partition coefficient (Wildman–Crippen LogP) is 0.858. The van der Waals surface area contributed by atoms with E-state index in [0.29, 0.717) is 18.1 Å². The molecule has 0 heterocycles. The zero-order chi connectivity index (χ0) is 18.9. The molecule has 8 nitrogen and oxygen atoms in total. The summed E-state index contributed by atoms with van der Waals surface area (Å²) >= 11 is 0. The van der Waals surface area contributed by atoms with Crippen molar-refractivity contribution in [3.05, 3.63) is 24.3 Å². The Bertz CT molecular complexity index is 687. The van der Waals surface area contributed by atoms with Gasteiger partial charge < -0.3 is 19.9 Å². The number of rotatable bonds is 11. The molecule has 1 unspecified atom stereocenters. The third-order valence-electron chi connectivity index (χ3n) is 3.30. The number of carbonyl (C=O) groups excluding carboxylic acids is 1. The van der Waals surface area contributed by atoms with Gasteiger partial charge in [-0.2, -0.15) is 0 Å². The van der Waals surface area contributed by atoms with Gasteiger partial charge in [0.1, 0.15) is 15.9 Å². The standard InChI is InChI=1S/C16H23NO7S/c1-3-23-13-7-5-6-8-14(13)24-11-15(18)17-12(16(19)20)9-10-25(21,22)4-2/h5-8,12H,3-4,9-11H2,1-2H3,(H,17,18)(H,19,20). The Morgan fingerprint density at radius 3 is 2.28 bits per heavy atom. The lowest BCUT2D eigenvalue weighted by Gasteiger charge is -2.15. The number of aliphatic carboxylic acids is 1. The Hall–Kier alpha value is -2.29. The highest BCUT2D eigenvalue weighted by Gasteiger charge is 2.22. The van der Waals surface area contributed by atoms with Crippen molar-refractivity contribution < 1.29 is 32.6 Å². The molecule has 0 aliphatic heterocycles. The van der Waals surface area contributed by atoms with Crippen LogP contribution in [0.4, 0.5) is 0 Å². The van der Waals surface area contributed by atoms with Crippen molar-refractivity contribution in [3.8, 4) is 11.5 Å². The molecule has 0 aliphatic carbocycles. The van der Waals surface area contributed by atoms with Crippen molar-refractivity contribution in [1.29, 1.82) is 0 Å². The van der Waals surface area contributed by atoms with Crippen molar-refractivity contribution in [2.24, 2.45) is 0 Å². The van der Waals surface area contributed by atoms with Crippen LogP contribution in [0.2, 0.25) is 0 Å². The minimum absolute atomic E-state index is 0.0788. The smallest absolute Gasteiger partial charge is 0.326 e. The molecule has 1 atom stereocenters. The summed E-state index contributed by atoms with van der Waals surface area (Å²) in [7, 11) is -3.31. The van der Waals surface area contributed by atoms with E-state index < -0.39 is 34.4 Å². The normalized spacial score (nSPS) is 12.2. The molecular formula is C16H23NO7S. The Labute approximate surface area is 147 Å². The van der Waals surface area contributed by atoms with Gasteiger partial charge in [-0.05, 0) is 25.5 Å². The predicted molar refractivity (Wildman–Crippen MR) is 91.6 cm³/mol. The Morgan fingerprint density at radius 1 is 1.16 bits per heavy atom. The SMILES string of the molecule is CCOc1ccccc1OCC(=O)NC(CCS(=O)(=O)CC)C(=O)O. The van der Waals surface area contributed by atoms with Crippen LogP contribution >= 0.6 is 0 Å². The summed E-state index contributed by atoms with van der Waals surface area (Å²) in [5.41, 5.74) is 0. The number of amides is 1. The molecule has 0 bridgehead atoms. The third kappa shape index (κ3) is 7.42. The second-order valence-electron chi connectivity index (χ2n) is 5.15. The van der Waals surface area contributed by atoms with Crippen molar-refractivity contribution in [3.63, 3.8) is 0 Å². The molecule has 1 rings (SSSR count). The lowest BCUT2D eigenvalue weighted by molar-refractivity contribution is -0.142. The quantitative estimate of drug-likeness (QED) is 0.590. The van der Waals surface area contributed by atoms with Gasteiger partial charge in [0.15, 0.2) is 18.1 Å². The molecule has 2 N–H and O–H groups in total. The van der Waals surface area contributed by atoms with E-state index in [1.165, 1.54) is 6.92 Å². The summed E-state index contributed by atoms with van der Waals surface area (Å²) in [5.74, 6) is -1.51. The topological polar surface area (TPSA) is 119 Å². The van der Waals surface area contributed by atoms with Gasteiger partial charge in [0.25, 0.3) is 5.91 Å². The molecule has 0 fully saturated rings. The molecule has 0 saturated heterocycles.